The van der Waals surface area contributed by atoms with Crippen LogP contribution < -0.4 is 10.6 Å². The summed E-state index contributed by atoms with van der Waals surface area (Å²) in [4.78, 5) is 23.4. The van der Waals surface area contributed by atoms with Gasteiger partial charge in [0, 0.05) is 10.9 Å². The number of rotatable bonds is 6. The molecule has 0 aliphatic rings. The Bertz CT molecular complexity index is 388. The van der Waals surface area contributed by atoms with Crippen molar-refractivity contribution >= 4 is 23.3 Å². The maximum absolute atomic E-state index is 11.7. The van der Waals surface area contributed by atoms with Crippen molar-refractivity contribution in [3.63, 3.8) is 0 Å². The first-order valence-electron chi connectivity index (χ1n) is 5.91. The van der Waals surface area contributed by atoms with Gasteiger partial charge in [0.05, 0.1) is 0 Å². The molecule has 1 heterocycles. The number of thiophene rings is 1. The molecule has 1 atom stereocenters. The fourth-order valence-electron chi connectivity index (χ4n) is 1.56. The molecule has 0 aromatic carbocycles. The summed E-state index contributed by atoms with van der Waals surface area (Å²) < 4.78 is 0. The van der Waals surface area contributed by atoms with Gasteiger partial charge < -0.3 is 15.7 Å². The van der Waals surface area contributed by atoms with Gasteiger partial charge in [-0.1, -0.05) is 19.9 Å². The van der Waals surface area contributed by atoms with Gasteiger partial charge in [-0.05, 0) is 24.3 Å². The Morgan fingerprint density at radius 3 is 2.44 bits per heavy atom. The Morgan fingerprint density at radius 2 is 2.00 bits per heavy atom. The van der Waals surface area contributed by atoms with Crippen LogP contribution in [0.4, 0.5) is 4.79 Å². The van der Waals surface area contributed by atoms with E-state index in [2.05, 4.69) is 10.6 Å². The van der Waals surface area contributed by atoms with Gasteiger partial charge in [0.2, 0.25) is 0 Å². The van der Waals surface area contributed by atoms with Crippen LogP contribution in [0.2, 0.25) is 0 Å². The summed E-state index contributed by atoms with van der Waals surface area (Å²) >= 11 is 1.31. The van der Waals surface area contributed by atoms with Gasteiger partial charge in [0.15, 0.2) is 6.04 Å². The lowest BCUT2D eigenvalue weighted by molar-refractivity contribution is -0.139. The second-order valence-corrected chi connectivity index (χ2v) is 4.90. The minimum absolute atomic E-state index is 0.0720. The highest BCUT2D eigenvalue weighted by Gasteiger charge is 2.23. The van der Waals surface area contributed by atoms with Crippen LogP contribution in [0.15, 0.2) is 17.5 Å². The average molecular weight is 270 g/mol. The number of hydrogen-bond donors (Lipinski definition) is 3. The van der Waals surface area contributed by atoms with E-state index in [1.807, 2.05) is 13.8 Å². The maximum atomic E-state index is 11.7. The second kappa shape index (κ2) is 7.00. The molecule has 5 nitrogen and oxygen atoms in total. The summed E-state index contributed by atoms with van der Waals surface area (Å²) in [5.41, 5.74) is 0. The number of aliphatic carboxylic acids is 1. The van der Waals surface area contributed by atoms with E-state index in [1.165, 1.54) is 11.3 Å². The summed E-state index contributed by atoms with van der Waals surface area (Å²) in [6.45, 7) is 3.95. The summed E-state index contributed by atoms with van der Waals surface area (Å²) in [5.74, 6) is -1.06. The highest BCUT2D eigenvalue weighted by molar-refractivity contribution is 7.10. The van der Waals surface area contributed by atoms with E-state index in [1.54, 1.807) is 17.5 Å². The van der Waals surface area contributed by atoms with Crippen LogP contribution in [0, 0.1) is 0 Å². The molecule has 100 valence electrons. The zero-order chi connectivity index (χ0) is 13.5. The van der Waals surface area contributed by atoms with E-state index in [0.717, 1.165) is 12.8 Å². The van der Waals surface area contributed by atoms with Gasteiger partial charge in [0.1, 0.15) is 0 Å². The number of urea groups is 1. The maximum Gasteiger partial charge on any atom is 0.331 e. The average Bonchev–Trinajstić information content (AvgIpc) is 2.86. The molecule has 0 aliphatic carbocycles. The largest absolute Gasteiger partial charge is 0.479 e. The third-order valence-corrected chi connectivity index (χ3v) is 3.61. The third-order valence-electron chi connectivity index (χ3n) is 2.67. The SMILES string of the molecule is CCC(CC)NC(=O)NC(C(=O)O)c1cccs1. The predicted octanol–water partition coefficient (Wildman–Crippen LogP) is 2.36. The molecule has 1 aromatic heterocycles. The number of carboxylic acids is 1. The van der Waals surface area contributed by atoms with E-state index >= 15 is 0 Å². The zero-order valence-electron chi connectivity index (χ0n) is 10.5. The van der Waals surface area contributed by atoms with Gasteiger partial charge in [-0.15, -0.1) is 11.3 Å². The van der Waals surface area contributed by atoms with E-state index in [0.29, 0.717) is 4.88 Å². The Morgan fingerprint density at radius 1 is 1.33 bits per heavy atom. The van der Waals surface area contributed by atoms with Crippen LogP contribution in [0.25, 0.3) is 0 Å². The Hall–Kier alpha value is -1.56. The molecule has 3 N–H and O–H groups in total. The zero-order valence-corrected chi connectivity index (χ0v) is 11.3. The van der Waals surface area contributed by atoms with Crippen molar-refractivity contribution < 1.29 is 14.7 Å². The molecular formula is C12H18N2O3S. The van der Waals surface area contributed by atoms with Gasteiger partial charge in [-0.25, -0.2) is 9.59 Å². The third kappa shape index (κ3) is 4.03. The molecular weight excluding hydrogens is 252 g/mol. The van der Waals surface area contributed by atoms with Crippen LogP contribution in [0.5, 0.6) is 0 Å². The standard InChI is InChI=1S/C12H18N2O3S/c1-3-8(4-2)13-12(17)14-10(11(15)16)9-6-5-7-18-9/h5-8,10H,3-4H2,1-2H3,(H,15,16)(H2,13,14,17). The molecule has 0 spiro atoms. The van der Waals surface area contributed by atoms with Crippen LogP contribution >= 0.6 is 11.3 Å². The predicted molar refractivity (Wildman–Crippen MR) is 70.7 cm³/mol. The highest BCUT2D eigenvalue weighted by atomic mass is 32.1. The van der Waals surface area contributed by atoms with Gasteiger partial charge >= 0.3 is 12.0 Å². The number of hydrogen-bond acceptors (Lipinski definition) is 3. The molecule has 0 fully saturated rings. The summed E-state index contributed by atoms with van der Waals surface area (Å²) in [7, 11) is 0. The molecule has 1 unspecified atom stereocenters. The molecule has 0 bridgehead atoms. The lowest BCUT2D eigenvalue weighted by atomic mass is 10.2. The quantitative estimate of drug-likeness (QED) is 0.742. The minimum atomic E-state index is -1.06. The normalized spacial score (nSPS) is 12.2. The van der Waals surface area contributed by atoms with Crippen LogP contribution in [-0.2, 0) is 4.79 Å². The van der Waals surface area contributed by atoms with Gasteiger partial charge in [0.25, 0.3) is 0 Å². The molecule has 0 saturated carbocycles. The first kappa shape index (κ1) is 14.5. The molecule has 6 heteroatoms. The first-order chi connectivity index (χ1) is 8.58. The topological polar surface area (TPSA) is 78.4 Å². The Balaban J connectivity index is 2.62. The summed E-state index contributed by atoms with van der Waals surface area (Å²) in [5, 5.41) is 16.1. The summed E-state index contributed by atoms with van der Waals surface area (Å²) in [6.07, 6.45) is 1.64. The number of nitrogens with one attached hydrogen (secondary N) is 2. The fourth-order valence-corrected chi connectivity index (χ4v) is 2.33. The molecule has 18 heavy (non-hydrogen) atoms. The number of carbonyl (C=O) groups is 2. The smallest absolute Gasteiger partial charge is 0.331 e. The van der Waals surface area contributed by atoms with Gasteiger partial charge in [-0.2, -0.15) is 0 Å². The molecule has 1 rings (SSSR count). The second-order valence-electron chi connectivity index (χ2n) is 3.92. The lowest BCUT2D eigenvalue weighted by Crippen LogP contribution is -2.44. The van der Waals surface area contributed by atoms with Crippen molar-refractivity contribution in [1.82, 2.24) is 10.6 Å². The summed E-state index contributed by atoms with van der Waals surface area (Å²) in [6, 6.07) is 2.10. The Labute approximate surface area is 110 Å². The van der Waals surface area contributed by atoms with E-state index in [-0.39, 0.29) is 6.04 Å². The van der Waals surface area contributed by atoms with Crippen LogP contribution in [-0.4, -0.2) is 23.1 Å². The van der Waals surface area contributed by atoms with Crippen LogP contribution in [0.1, 0.15) is 37.6 Å². The minimum Gasteiger partial charge on any atom is -0.479 e. The number of carboxylic acid groups (broad SMARTS) is 1. The Kier molecular flexibility index (Phi) is 5.64. The van der Waals surface area contributed by atoms with E-state index < -0.39 is 18.0 Å². The van der Waals surface area contributed by atoms with Crippen molar-refractivity contribution in [2.75, 3.05) is 0 Å². The molecule has 1 aromatic rings. The van der Waals surface area contributed by atoms with Gasteiger partial charge in [-0.3, -0.25) is 0 Å². The van der Waals surface area contributed by atoms with Crippen molar-refractivity contribution in [3.05, 3.63) is 22.4 Å². The molecule has 0 saturated heterocycles. The van der Waals surface area contributed by atoms with Crippen molar-refractivity contribution in [3.8, 4) is 0 Å². The van der Waals surface area contributed by atoms with Crippen molar-refractivity contribution in [1.29, 1.82) is 0 Å². The first-order valence-corrected chi connectivity index (χ1v) is 6.79. The fraction of sp³-hybridized carbons (Fsp3) is 0.500. The monoisotopic (exact) mass is 270 g/mol. The number of amides is 2. The molecule has 0 aliphatic heterocycles. The number of carbonyl (C=O) groups excluding carboxylic acids is 1. The molecule has 0 radical (unpaired) electrons. The lowest BCUT2D eigenvalue weighted by Gasteiger charge is -2.18. The van der Waals surface area contributed by atoms with Crippen molar-refractivity contribution in [2.45, 2.75) is 38.8 Å². The van der Waals surface area contributed by atoms with E-state index in [9.17, 15) is 9.59 Å². The van der Waals surface area contributed by atoms with Crippen LogP contribution in [0.3, 0.4) is 0 Å². The van der Waals surface area contributed by atoms with E-state index in [4.69, 9.17) is 5.11 Å². The molecule has 2 amide bonds. The van der Waals surface area contributed by atoms with Crippen molar-refractivity contribution in [2.24, 2.45) is 0 Å². The highest BCUT2D eigenvalue weighted by Crippen LogP contribution is 2.19.